The van der Waals surface area contributed by atoms with Crippen LogP contribution >= 0.6 is 0 Å². The fourth-order valence-corrected chi connectivity index (χ4v) is 2.03. The van der Waals surface area contributed by atoms with Crippen LogP contribution in [0.5, 0.6) is 0 Å². The summed E-state index contributed by atoms with van der Waals surface area (Å²) in [5.74, 6) is 1.06. The summed E-state index contributed by atoms with van der Waals surface area (Å²) in [7, 11) is 0. The van der Waals surface area contributed by atoms with Crippen LogP contribution in [0, 0.1) is 11.8 Å². The first-order valence-electron chi connectivity index (χ1n) is 5.15. The highest BCUT2D eigenvalue weighted by Gasteiger charge is 2.36. The maximum atomic E-state index is 11.8. The van der Waals surface area contributed by atoms with Crippen LogP contribution in [0.1, 0.15) is 26.2 Å². The Morgan fingerprint density at radius 3 is 2.62 bits per heavy atom. The zero-order valence-electron chi connectivity index (χ0n) is 8.07. The maximum absolute atomic E-state index is 11.8. The number of nitrogens with zero attached hydrogens (tertiary/aromatic N) is 1. The van der Waals surface area contributed by atoms with E-state index in [0.29, 0.717) is 12.5 Å². The molecule has 0 bridgehead atoms. The summed E-state index contributed by atoms with van der Waals surface area (Å²) in [4.78, 5) is 13.6. The molecule has 0 aromatic rings. The van der Waals surface area contributed by atoms with Crippen LogP contribution in [0.2, 0.25) is 0 Å². The van der Waals surface area contributed by atoms with Gasteiger partial charge < -0.3 is 10.0 Å². The van der Waals surface area contributed by atoms with Crippen molar-refractivity contribution in [1.29, 1.82) is 0 Å². The number of carbonyl (C=O) groups is 1. The van der Waals surface area contributed by atoms with E-state index >= 15 is 0 Å². The number of likely N-dealkylation sites (tertiary alicyclic amines) is 1. The Bertz CT molecular complexity index is 213. The third-order valence-corrected chi connectivity index (χ3v) is 3.19. The molecule has 1 saturated heterocycles. The topological polar surface area (TPSA) is 40.5 Å². The fraction of sp³-hybridized carbons (Fsp3) is 0.900. The molecule has 3 nitrogen and oxygen atoms in total. The van der Waals surface area contributed by atoms with Crippen molar-refractivity contribution < 1.29 is 9.90 Å². The van der Waals surface area contributed by atoms with Crippen molar-refractivity contribution in [2.24, 2.45) is 11.8 Å². The number of aliphatic hydroxyl groups excluding tert-OH is 1. The largest absolute Gasteiger partial charge is 0.391 e. The van der Waals surface area contributed by atoms with E-state index < -0.39 is 0 Å². The minimum absolute atomic E-state index is 0.185. The van der Waals surface area contributed by atoms with Gasteiger partial charge in [-0.15, -0.1) is 0 Å². The molecule has 1 unspecified atom stereocenters. The first-order chi connectivity index (χ1) is 6.18. The Morgan fingerprint density at radius 2 is 2.15 bits per heavy atom. The van der Waals surface area contributed by atoms with Crippen molar-refractivity contribution in [3.63, 3.8) is 0 Å². The Labute approximate surface area is 78.7 Å². The third-order valence-electron chi connectivity index (χ3n) is 3.19. The molecular formula is C10H17NO2. The summed E-state index contributed by atoms with van der Waals surface area (Å²) in [6, 6.07) is 0. The van der Waals surface area contributed by atoms with Crippen LogP contribution in [-0.4, -0.2) is 35.1 Å². The normalized spacial score (nSPS) is 30.6. The summed E-state index contributed by atoms with van der Waals surface area (Å²) >= 11 is 0. The van der Waals surface area contributed by atoms with Gasteiger partial charge in [-0.25, -0.2) is 0 Å². The van der Waals surface area contributed by atoms with Gasteiger partial charge in [0.05, 0.1) is 6.10 Å². The average Bonchev–Trinajstić information content (AvgIpc) is 2.87. The number of β-amino-alcohol motifs (C(OH)–C–C–N with tert-alkyl or cyclic N) is 1. The van der Waals surface area contributed by atoms with Crippen LogP contribution in [0.25, 0.3) is 0 Å². The molecule has 0 aromatic carbocycles. The lowest BCUT2D eigenvalue weighted by Crippen LogP contribution is -2.34. The first-order valence-corrected chi connectivity index (χ1v) is 5.15. The lowest BCUT2D eigenvalue weighted by atomic mass is 10.1. The molecule has 0 radical (unpaired) electrons. The van der Waals surface area contributed by atoms with Crippen LogP contribution in [0.3, 0.4) is 0 Å². The van der Waals surface area contributed by atoms with Crippen molar-refractivity contribution in [3.8, 4) is 0 Å². The van der Waals surface area contributed by atoms with Gasteiger partial charge in [0, 0.05) is 19.0 Å². The van der Waals surface area contributed by atoms with E-state index in [9.17, 15) is 9.90 Å². The van der Waals surface area contributed by atoms with Gasteiger partial charge in [0.25, 0.3) is 0 Å². The van der Waals surface area contributed by atoms with Crippen molar-refractivity contribution in [1.82, 2.24) is 4.90 Å². The highest BCUT2D eigenvalue weighted by molar-refractivity contribution is 5.79. The molecule has 2 aliphatic rings. The van der Waals surface area contributed by atoms with Gasteiger partial charge in [-0.2, -0.15) is 0 Å². The van der Waals surface area contributed by atoms with Gasteiger partial charge in [0.2, 0.25) is 5.91 Å². The van der Waals surface area contributed by atoms with Crippen molar-refractivity contribution >= 4 is 5.91 Å². The highest BCUT2D eigenvalue weighted by Crippen LogP contribution is 2.37. The van der Waals surface area contributed by atoms with E-state index in [1.165, 1.54) is 12.8 Å². The summed E-state index contributed by atoms with van der Waals surface area (Å²) in [6.07, 6.45) is 2.89. The third kappa shape index (κ3) is 1.85. The van der Waals surface area contributed by atoms with Gasteiger partial charge in [-0.1, -0.05) is 6.92 Å². The van der Waals surface area contributed by atoms with E-state index in [0.717, 1.165) is 13.0 Å². The Morgan fingerprint density at radius 1 is 1.46 bits per heavy atom. The monoisotopic (exact) mass is 183 g/mol. The molecule has 2 atom stereocenters. The minimum atomic E-state index is -0.282. The number of carbonyl (C=O) groups excluding carboxylic acids is 1. The summed E-state index contributed by atoms with van der Waals surface area (Å²) in [6.45, 7) is 3.32. The highest BCUT2D eigenvalue weighted by atomic mass is 16.3. The molecule has 1 saturated carbocycles. The zero-order chi connectivity index (χ0) is 9.42. The molecular weight excluding hydrogens is 166 g/mol. The van der Waals surface area contributed by atoms with Gasteiger partial charge in [-0.05, 0) is 25.2 Å². The second-order valence-electron chi connectivity index (χ2n) is 4.35. The predicted octanol–water partition coefficient (Wildman–Crippen LogP) is 0.626. The van der Waals surface area contributed by atoms with Crippen LogP contribution in [0.15, 0.2) is 0 Å². The van der Waals surface area contributed by atoms with Crippen LogP contribution in [-0.2, 0) is 4.79 Å². The molecule has 3 heteroatoms. The van der Waals surface area contributed by atoms with E-state index in [-0.39, 0.29) is 17.9 Å². The number of hydrogen-bond acceptors (Lipinski definition) is 2. The fourth-order valence-electron chi connectivity index (χ4n) is 2.03. The predicted molar refractivity (Wildman–Crippen MR) is 49.1 cm³/mol. The van der Waals surface area contributed by atoms with Gasteiger partial charge >= 0.3 is 0 Å². The molecule has 1 N–H and O–H groups in total. The number of hydrogen-bond donors (Lipinski definition) is 1. The molecule has 0 spiro atoms. The smallest absolute Gasteiger partial charge is 0.225 e. The zero-order valence-corrected chi connectivity index (χ0v) is 8.07. The molecule has 13 heavy (non-hydrogen) atoms. The van der Waals surface area contributed by atoms with Crippen molar-refractivity contribution in [2.45, 2.75) is 32.3 Å². The van der Waals surface area contributed by atoms with E-state index in [2.05, 4.69) is 0 Å². The van der Waals surface area contributed by atoms with Crippen LogP contribution in [0.4, 0.5) is 0 Å². The lowest BCUT2D eigenvalue weighted by Gasteiger charge is -2.19. The standard InChI is InChI=1S/C10H17NO2/c1-7(8-2-3-8)10(13)11-5-4-9(12)6-11/h7-9,12H,2-6H2,1H3/t7?,9-/m0/s1. The second kappa shape index (κ2) is 3.29. The van der Waals surface area contributed by atoms with E-state index in [1.54, 1.807) is 0 Å². The van der Waals surface area contributed by atoms with Crippen LogP contribution < -0.4 is 0 Å². The van der Waals surface area contributed by atoms with Crippen molar-refractivity contribution in [3.05, 3.63) is 0 Å². The second-order valence-corrected chi connectivity index (χ2v) is 4.35. The molecule has 1 aliphatic carbocycles. The summed E-state index contributed by atoms with van der Waals surface area (Å²) in [5.41, 5.74) is 0. The molecule has 2 fully saturated rings. The molecule has 1 heterocycles. The van der Waals surface area contributed by atoms with Gasteiger partial charge in [0.1, 0.15) is 0 Å². The average molecular weight is 183 g/mol. The van der Waals surface area contributed by atoms with Crippen molar-refractivity contribution in [2.75, 3.05) is 13.1 Å². The molecule has 1 amide bonds. The SMILES string of the molecule is CC(C(=O)N1CC[C@H](O)C1)C1CC1. The lowest BCUT2D eigenvalue weighted by molar-refractivity contribution is -0.134. The maximum Gasteiger partial charge on any atom is 0.225 e. The summed E-state index contributed by atoms with van der Waals surface area (Å²) in [5, 5.41) is 9.29. The summed E-state index contributed by atoms with van der Waals surface area (Å²) < 4.78 is 0. The number of aliphatic hydroxyl groups is 1. The number of rotatable bonds is 2. The molecule has 74 valence electrons. The first kappa shape index (κ1) is 9.00. The minimum Gasteiger partial charge on any atom is -0.391 e. The number of amides is 1. The van der Waals surface area contributed by atoms with Gasteiger partial charge in [-0.3, -0.25) is 4.79 Å². The van der Waals surface area contributed by atoms with Gasteiger partial charge in [0.15, 0.2) is 0 Å². The Kier molecular flexibility index (Phi) is 2.28. The Hall–Kier alpha value is -0.570. The molecule has 1 aliphatic heterocycles. The van der Waals surface area contributed by atoms with E-state index in [4.69, 9.17) is 0 Å². The molecule has 0 aromatic heterocycles. The Balaban J connectivity index is 1.88. The quantitative estimate of drug-likeness (QED) is 0.682. The van der Waals surface area contributed by atoms with E-state index in [1.807, 2.05) is 11.8 Å². The molecule has 2 rings (SSSR count).